The first-order chi connectivity index (χ1) is 12.1. The van der Waals surface area contributed by atoms with Gasteiger partial charge in [0.05, 0.1) is 30.0 Å². The number of fused-ring (bicyclic) bond motifs is 4. The number of nitrogens with zero attached hydrogens (tertiary/aromatic N) is 3. The number of carbonyl (C=O) groups is 1. The van der Waals surface area contributed by atoms with E-state index in [1.807, 2.05) is 24.7 Å². The van der Waals surface area contributed by atoms with Crippen LogP contribution in [-0.2, 0) is 6.42 Å². The normalized spacial score (nSPS) is 23.8. The number of aromatic nitrogens is 3. The van der Waals surface area contributed by atoms with Crippen LogP contribution in [0.1, 0.15) is 44.5 Å². The molecule has 0 fully saturated rings. The number of amides is 1. The van der Waals surface area contributed by atoms with Crippen LogP contribution >= 0.6 is 11.3 Å². The van der Waals surface area contributed by atoms with Gasteiger partial charge in [-0.05, 0) is 18.4 Å². The highest BCUT2D eigenvalue weighted by molar-refractivity contribution is 7.13. The van der Waals surface area contributed by atoms with Crippen LogP contribution in [0.4, 0.5) is 0 Å². The van der Waals surface area contributed by atoms with Crippen LogP contribution in [0, 0.1) is 5.92 Å². The highest BCUT2D eigenvalue weighted by Crippen LogP contribution is 2.50. The molecule has 126 valence electrons. The number of rotatable bonds is 2. The number of aryl methyl sites for hydroxylation is 1. The smallest absolute Gasteiger partial charge is 0.277 e. The first kappa shape index (κ1) is 14.8. The molecule has 1 aliphatic heterocycles. The van der Waals surface area contributed by atoms with Crippen molar-refractivity contribution in [1.29, 1.82) is 0 Å². The third kappa shape index (κ3) is 2.03. The summed E-state index contributed by atoms with van der Waals surface area (Å²) in [6, 6.07) is 8.28. The quantitative estimate of drug-likeness (QED) is 0.740. The average Bonchev–Trinajstić information content (AvgIpc) is 3.29. The summed E-state index contributed by atoms with van der Waals surface area (Å²) in [6.45, 7) is 0. The number of imidazole rings is 1. The van der Waals surface area contributed by atoms with Crippen molar-refractivity contribution < 1.29 is 9.90 Å². The van der Waals surface area contributed by atoms with Gasteiger partial charge >= 0.3 is 0 Å². The van der Waals surface area contributed by atoms with Gasteiger partial charge in [-0.1, -0.05) is 24.3 Å². The van der Waals surface area contributed by atoms with E-state index in [9.17, 15) is 9.90 Å². The fourth-order valence-corrected chi connectivity index (χ4v) is 5.15. The van der Waals surface area contributed by atoms with E-state index in [-0.39, 0.29) is 17.0 Å². The number of benzene rings is 1. The molecular weight excluding hydrogens is 336 g/mol. The molecule has 3 aromatic rings. The molecule has 0 radical (unpaired) electrons. The monoisotopic (exact) mass is 352 g/mol. The van der Waals surface area contributed by atoms with Gasteiger partial charge < -0.3 is 15.4 Å². The summed E-state index contributed by atoms with van der Waals surface area (Å²) in [4.78, 5) is 21.0. The minimum absolute atomic E-state index is 0.0214. The molecule has 0 saturated heterocycles. The summed E-state index contributed by atoms with van der Waals surface area (Å²) in [6.07, 6.45) is 4.60. The van der Waals surface area contributed by atoms with Crippen molar-refractivity contribution in [2.24, 2.45) is 11.7 Å². The van der Waals surface area contributed by atoms with Crippen molar-refractivity contribution in [2.75, 3.05) is 0 Å². The maximum absolute atomic E-state index is 11.4. The Balaban J connectivity index is 1.59. The summed E-state index contributed by atoms with van der Waals surface area (Å²) in [5, 5.41) is 11.3. The topological polar surface area (TPSA) is 94.0 Å². The predicted octanol–water partition coefficient (Wildman–Crippen LogP) is 2.30. The van der Waals surface area contributed by atoms with Gasteiger partial charge in [0.15, 0.2) is 5.01 Å². The Bertz CT molecular complexity index is 993. The van der Waals surface area contributed by atoms with Gasteiger partial charge in [0.2, 0.25) is 0 Å². The molecule has 3 heterocycles. The zero-order valence-corrected chi connectivity index (χ0v) is 14.1. The fraction of sp³-hybridized carbons (Fsp3) is 0.278. The number of hydrogen-bond donors (Lipinski definition) is 2. The van der Waals surface area contributed by atoms with Crippen molar-refractivity contribution in [1.82, 2.24) is 14.5 Å². The average molecular weight is 352 g/mol. The number of aliphatic hydroxyl groups is 1. The maximum Gasteiger partial charge on any atom is 0.277 e. The van der Waals surface area contributed by atoms with Crippen molar-refractivity contribution in [2.45, 2.75) is 25.0 Å². The van der Waals surface area contributed by atoms with Crippen LogP contribution in [0.3, 0.4) is 0 Å². The molecule has 6 nitrogen and oxygen atoms in total. The van der Waals surface area contributed by atoms with Crippen molar-refractivity contribution >= 4 is 17.2 Å². The van der Waals surface area contributed by atoms with Crippen LogP contribution in [0.5, 0.6) is 0 Å². The first-order valence-corrected chi connectivity index (χ1v) is 9.05. The lowest BCUT2D eigenvalue weighted by atomic mass is 9.80. The Morgan fingerprint density at radius 1 is 1.36 bits per heavy atom. The molecule has 1 aromatic carbocycles. The van der Waals surface area contributed by atoms with E-state index in [4.69, 9.17) is 5.73 Å². The van der Waals surface area contributed by atoms with Crippen LogP contribution in [0.2, 0.25) is 0 Å². The molecule has 3 N–H and O–H groups in total. The maximum atomic E-state index is 11.4. The van der Waals surface area contributed by atoms with Gasteiger partial charge in [-0.25, -0.2) is 9.97 Å². The van der Waals surface area contributed by atoms with Gasteiger partial charge in [-0.3, -0.25) is 4.79 Å². The third-order valence-electron chi connectivity index (χ3n) is 5.26. The van der Waals surface area contributed by atoms with E-state index in [0.717, 1.165) is 23.4 Å². The third-order valence-corrected chi connectivity index (χ3v) is 6.40. The fourth-order valence-electron chi connectivity index (χ4n) is 4.18. The lowest BCUT2D eigenvalue weighted by molar-refractivity contribution is 0.0690. The molecule has 25 heavy (non-hydrogen) atoms. The minimum Gasteiger partial charge on any atom is -0.386 e. The number of primary amides is 1. The lowest BCUT2D eigenvalue weighted by Gasteiger charge is -2.33. The number of aliphatic hydroxyl groups excluding tert-OH is 1. The molecule has 2 aromatic heterocycles. The van der Waals surface area contributed by atoms with Gasteiger partial charge in [-0.15, -0.1) is 11.3 Å². The second-order valence-corrected chi connectivity index (χ2v) is 7.64. The van der Waals surface area contributed by atoms with Gasteiger partial charge in [0, 0.05) is 16.4 Å². The Labute approximate surface area is 148 Å². The number of carbonyl (C=O) groups excluding carboxylic acids is 1. The van der Waals surface area contributed by atoms with Crippen LogP contribution in [0.15, 0.2) is 36.8 Å². The van der Waals surface area contributed by atoms with Crippen LogP contribution in [-0.4, -0.2) is 25.5 Å². The molecule has 2 aliphatic rings. The molecule has 1 aliphatic carbocycles. The van der Waals surface area contributed by atoms with E-state index in [0.29, 0.717) is 5.69 Å². The lowest BCUT2D eigenvalue weighted by Crippen LogP contribution is -2.28. The molecule has 7 heteroatoms. The Hall–Kier alpha value is -2.51. The van der Waals surface area contributed by atoms with E-state index in [2.05, 4.69) is 26.7 Å². The van der Waals surface area contributed by atoms with E-state index in [1.54, 1.807) is 0 Å². The minimum atomic E-state index is -0.723. The molecule has 3 atom stereocenters. The Morgan fingerprint density at radius 3 is 3.04 bits per heavy atom. The first-order valence-electron chi connectivity index (χ1n) is 8.23. The SMILES string of the molecule is NC(=O)c1nc2c(s1)CC[C@@H]([C@@H]1c3ccccc3-c3cncn31)[C@H]2O. The second kappa shape index (κ2) is 5.24. The molecule has 0 unspecified atom stereocenters. The summed E-state index contributed by atoms with van der Waals surface area (Å²) < 4.78 is 2.14. The summed E-state index contributed by atoms with van der Waals surface area (Å²) in [5.74, 6) is -0.557. The van der Waals surface area contributed by atoms with Gasteiger partial charge in [0.1, 0.15) is 6.10 Å². The summed E-state index contributed by atoms with van der Waals surface area (Å²) >= 11 is 1.30. The molecule has 0 bridgehead atoms. The van der Waals surface area contributed by atoms with E-state index >= 15 is 0 Å². The highest BCUT2D eigenvalue weighted by Gasteiger charge is 2.42. The molecule has 5 rings (SSSR count). The van der Waals surface area contributed by atoms with E-state index < -0.39 is 12.0 Å². The highest BCUT2D eigenvalue weighted by atomic mass is 32.1. The zero-order chi connectivity index (χ0) is 17.1. The van der Waals surface area contributed by atoms with Crippen molar-refractivity contribution in [3.63, 3.8) is 0 Å². The largest absolute Gasteiger partial charge is 0.386 e. The zero-order valence-electron chi connectivity index (χ0n) is 13.3. The molecule has 0 spiro atoms. The number of hydrogen-bond acceptors (Lipinski definition) is 5. The van der Waals surface area contributed by atoms with E-state index in [1.165, 1.54) is 22.5 Å². The summed E-state index contributed by atoms with van der Waals surface area (Å²) in [7, 11) is 0. The molecule has 0 saturated carbocycles. The van der Waals surface area contributed by atoms with Gasteiger partial charge in [0.25, 0.3) is 5.91 Å². The van der Waals surface area contributed by atoms with Gasteiger partial charge in [-0.2, -0.15) is 0 Å². The Morgan fingerprint density at radius 2 is 2.20 bits per heavy atom. The van der Waals surface area contributed by atoms with Crippen molar-refractivity contribution in [3.05, 3.63) is 57.9 Å². The Kier molecular flexibility index (Phi) is 3.10. The van der Waals surface area contributed by atoms with Crippen LogP contribution < -0.4 is 5.73 Å². The molecular formula is C18H16N4O2S. The second-order valence-electron chi connectivity index (χ2n) is 6.56. The van der Waals surface area contributed by atoms with Crippen LogP contribution in [0.25, 0.3) is 11.3 Å². The summed E-state index contributed by atoms with van der Waals surface area (Å²) in [5.41, 5.74) is 9.42. The molecule has 1 amide bonds. The predicted molar refractivity (Wildman–Crippen MR) is 93.2 cm³/mol. The number of nitrogens with two attached hydrogens (primary N) is 1. The van der Waals surface area contributed by atoms with Crippen molar-refractivity contribution in [3.8, 4) is 11.3 Å². The number of thiazole rings is 1. The standard InChI is InChI=1S/C18H16N4O2S/c19-17(24)18-21-14-13(25-18)6-5-11(16(14)23)15-10-4-2-1-3-9(10)12-7-20-8-22(12)15/h1-4,7-8,11,15-16,23H,5-6H2,(H2,19,24)/t11-,15-,16+/m0/s1.